The van der Waals surface area contributed by atoms with Gasteiger partial charge in [-0.3, -0.25) is 4.79 Å². The third kappa shape index (κ3) is 4.40. The van der Waals surface area contributed by atoms with Crippen molar-refractivity contribution in [1.82, 2.24) is 15.0 Å². The van der Waals surface area contributed by atoms with Crippen molar-refractivity contribution in [3.63, 3.8) is 0 Å². The van der Waals surface area contributed by atoms with E-state index in [4.69, 9.17) is 5.11 Å². The van der Waals surface area contributed by atoms with E-state index in [0.717, 1.165) is 0 Å². The van der Waals surface area contributed by atoms with Crippen LogP contribution in [0, 0.1) is 17.7 Å². The van der Waals surface area contributed by atoms with Gasteiger partial charge in [0, 0.05) is 18.2 Å². The number of halogens is 1. The Labute approximate surface area is 120 Å². The molecule has 2 aromatic rings. The summed E-state index contributed by atoms with van der Waals surface area (Å²) in [5.74, 6) is 4.44. The van der Waals surface area contributed by atoms with Crippen molar-refractivity contribution in [3.8, 4) is 11.8 Å². The van der Waals surface area contributed by atoms with Crippen LogP contribution in [0.5, 0.6) is 0 Å². The summed E-state index contributed by atoms with van der Waals surface area (Å²) in [6.07, 6.45) is 3.32. The number of aliphatic hydroxyl groups excluding tert-OH is 1. The lowest BCUT2D eigenvalue weighted by molar-refractivity contribution is -0.116. The molecule has 1 aromatic heterocycles. The molecule has 0 aliphatic heterocycles. The van der Waals surface area contributed by atoms with Gasteiger partial charge in [-0.05, 0) is 18.2 Å². The Morgan fingerprint density at radius 1 is 1.48 bits per heavy atom. The van der Waals surface area contributed by atoms with Crippen LogP contribution >= 0.6 is 0 Å². The van der Waals surface area contributed by atoms with Gasteiger partial charge in [-0.2, -0.15) is 0 Å². The molecule has 0 spiro atoms. The molecule has 0 aliphatic carbocycles. The molecule has 2 rings (SSSR count). The van der Waals surface area contributed by atoms with E-state index in [0.29, 0.717) is 12.0 Å². The molecule has 21 heavy (non-hydrogen) atoms. The van der Waals surface area contributed by atoms with Crippen LogP contribution in [-0.2, 0) is 11.3 Å². The monoisotopic (exact) mass is 288 g/mol. The van der Waals surface area contributed by atoms with Crippen molar-refractivity contribution in [1.29, 1.82) is 0 Å². The molecule has 1 heterocycles. The minimum atomic E-state index is -0.572. The first-order valence-electron chi connectivity index (χ1n) is 6.22. The van der Waals surface area contributed by atoms with Gasteiger partial charge in [0.15, 0.2) is 0 Å². The minimum absolute atomic E-state index is 0.0358. The molecule has 0 aliphatic rings. The summed E-state index contributed by atoms with van der Waals surface area (Å²) in [5, 5.41) is 18.3. The minimum Gasteiger partial charge on any atom is -0.395 e. The van der Waals surface area contributed by atoms with Gasteiger partial charge in [0.2, 0.25) is 5.91 Å². The van der Waals surface area contributed by atoms with Gasteiger partial charge in [0.1, 0.15) is 12.4 Å². The summed E-state index contributed by atoms with van der Waals surface area (Å²) in [4.78, 5) is 11.7. The summed E-state index contributed by atoms with van der Waals surface area (Å²) in [7, 11) is 0. The van der Waals surface area contributed by atoms with E-state index >= 15 is 0 Å². The van der Waals surface area contributed by atoms with E-state index in [1.54, 1.807) is 6.07 Å². The van der Waals surface area contributed by atoms with Crippen molar-refractivity contribution in [2.75, 3.05) is 11.9 Å². The summed E-state index contributed by atoms with van der Waals surface area (Å²) in [6.45, 7) is -0.0800. The van der Waals surface area contributed by atoms with Gasteiger partial charge in [-0.15, -0.1) is 5.10 Å². The van der Waals surface area contributed by atoms with E-state index in [2.05, 4.69) is 27.5 Å². The maximum atomic E-state index is 13.8. The van der Waals surface area contributed by atoms with E-state index in [1.807, 2.05) is 0 Å². The first kappa shape index (κ1) is 14.7. The number of carbonyl (C=O) groups excluding carboxylic acids is 1. The van der Waals surface area contributed by atoms with Crippen LogP contribution in [0.4, 0.5) is 10.1 Å². The number of aliphatic hydroxyl groups is 1. The average molecular weight is 288 g/mol. The van der Waals surface area contributed by atoms with Gasteiger partial charge in [0.25, 0.3) is 0 Å². The van der Waals surface area contributed by atoms with Crippen LogP contribution in [0.2, 0.25) is 0 Å². The Morgan fingerprint density at radius 3 is 3.00 bits per heavy atom. The Kier molecular flexibility index (Phi) is 5.01. The quantitative estimate of drug-likeness (QED) is 0.815. The average Bonchev–Trinajstić information content (AvgIpc) is 2.95. The first-order chi connectivity index (χ1) is 10.2. The van der Waals surface area contributed by atoms with Gasteiger partial charge in [0.05, 0.1) is 18.5 Å². The highest BCUT2D eigenvalue weighted by Gasteiger charge is 2.08. The molecular weight excluding hydrogens is 275 g/mol. The molecule has 1 amide bonds. The third-order valence-corrected chi connectivity index (χ3v) is 2.49. The second-order valence-electron chi connectivity index (χ2n) is 4.12. The van der Waals surface area contributed by atoms with Gasteiger partial charge >= 0.3 is 0 Å². The molecule has 6 nitrogen and oxygen atoms in total. The number of rotatable bonds is 4. The summed E-state index contributed by atoms with van der Waals surface area (Å²) in [6, 6.07) is 4.27. The topological polar surface area (TPSA) is 80.0 Å². The Morgan fingerprint density at radius 2 is 2.33 bits per heavy atom. The van der Waals surface area contributed by atoms with E-state index in [1.165, 1.54) is 29.2 Å². The van der Waals surface area contributed by atoms with Crippen LogP contribution in [-0.4, -0.2) is 32.6 Å². The predicted molar refractivity (Wildman–Crippen MR) is 73.6 cm³/mol. The molecule has 0 fully saturated rings. The fourth-order valence-corrected chi connectivity index (χ4v) is 1.57. The number of hydrogen-bond acceptors (Lipinski definition) is 4. The fourth-order valence-electron chi connectivity index (χ4n) is 1.57. The highest BCUT2D eigenvalue weighted by atomic mass is 19.1. The van der Waals surface area contributed by atoms with Crippen LogP contribution in [0.25, 0.3) is 0 Å². The van der Waals surface area contributed by atoms with Crippen molar-refractivity contribution in [2.45, 2.75) is 13.0 Å². The van der Waals surface area contributed by atoms with Crippen LogP contribution in [0.1, 0.15) is 12.0 Å². The van der Waals surface area contributed by atoms with Crippen molar-refractivity contribution in [2.24, 2.45) is 0 Å². The normalized spacial score (nSPS) is 9.81. The number of amides is 1. The molecule has 0 atom stereocenters. The van der Waals surface area contributed by atoms with Crippen LogP contribution in [0.15, 0.2) is 30.6 Å². The molecule has 108 valence electrons. The predicted octanol–water partition coefficient (Wildman–Crippen LogP) is 0.790. The molecule has 0 radical (unpaired) electrons. The molecule has 1 aromatic carbocycles. The largest absolute Gasteiger partial charge is 0.395 e. The Hall–Kier alpha value is -2.72. The number of nitrogens with one attached hydrogen (secondary N) is 1. The van der Waals surface area contributed by atoms with Gasteiger partial charge in [-0.25, -0.2) is 9.07 Å². The van der Waals surface area contributed by atoms with Crippen molar-refractivity contribution < 1.29 is 14.3 Å². The number of carbonyl (C=O) groups is 1. The standard InChI is InChI=1S/C14H13FN4O2/c15-12-9-11(3-1-2-8-20)4-5-13(12)17-14(21)10-19-7-6-16-18-19/h4-7,9,20H,2,8,10H2,(H,17,21). The van der Waals surface area contributed by atoms with Gasteiger partial charge in [-0.1, -0.05) is 17.1 Å². The molecule has 2 N–H and O–H groups in total. The molecule has 0 bridgehead atoms. The highest BCUT2D eigenvalue weighted by molar-refractivity contribution is 5.90. The van der Waals surface area contributed by atoms with Crippen LogP contribution < -0.4 is 5.32 Å². The number of hydrogen-bond donors (Lipinski definition) is 2. The molecule has 7 heteroatoms. The third-order valence-electron chi connectivity index (χ3n) is 2.49. The first-order valence-corrected chi connectivity index (χ1v) is 6.22. The fraction of sp³-hybridized carbons (Fsp3) is 0.214. The lowest BCUT2D eigenvalue weighted by atomic mass is 10.2. The highest BCUT2D eigenvalue weighted by Crippen LogP contribution is 2.15. The van der Waals surface area contributed by atoms with E-state index in [9.17, 15) is 9.18 Å². The maximum absolute atomic E-state index is 13.8. The second kappa shape index (κ2) is 7.17. The van der Waals surface area contributed by atoms with Crippen molar-refractivity contribution in [3.05, 3.63) is 42.0 Å². The number of benzene rings is 1. The Bertz CT molecular complexity index is 674. The zero-order chi connectivity index (χ0) is 15.1. The number of anilines is 1. The molecule has 0 saturated heterocycles. The Balaban J connectivity index is 2.01. The van der Waals surface area contributed by atoms with E-state index < -0.39 is 11.7 Å². The smallest absolute Gasteiger partial charge is 0.246 e. The van der Waals surface area contributed by atoms with E-state index in [-0.39, 0.29) is 18.8 Å². The maximum Gasteiger partial charge on any atom is 0.246 e. The van der Waals surface area contributed by atoms with Gasteiger partial charge < -0.3 is 10.4 Å². The zero-order valence-corrected chi connectivity index (χ0v) is 11.1. The summed E-state index contributed by atoms with van der Waals surface area (Å²) >= 11 is 0. The number of aromatic nitrogens is 3. The molecular formula is C14H13FN4O2. The number of nitrogens with zero attached hydrogens (tertiary/aromatic N) is 3. The molecule has 0 unspecified atom stereocenters. The lowest BCUT2D eigenvalue weighted by Crippen LogP contribution is -2.19. The van der Waals surface area contributed by atoms with Crippen molar-refractivity contribution >= 4 is 11.6 Å². The summed E-state index contributed by atoms with van der Waals surface area (Å²) in [5.41, 5.74) is 0.558. The second-order valence-corrected chi connectivity index (χ2v) is 4.12. The SMILES string of the molecule is O=C(Cn1ccnn1)Nc1ccc(C#CCCO)cc1F. The van der Waals surface area contributed by atoms with Crippen LogP contribution in [0.3, 0.4) is 0 Å². The lowest BCUT2D eigenvalue weighted by Gasteiger charge is -2.06. The summed E-state index contributed by atoms with van der Waals surface area (Å²) < 4.78 is 15.2. The molecule has 0 saturated carbocycles. The zero-order valence-electron chi connectivity index (χ0n) is 11.1.